The molecule has 4 unspecified atom stereocenters. The quantitative estimate of drug-likeness (QED) is 0.796. The molecule has 0 saturated heterocycles. The Balaban J connectivity index is 2.80. The molecule has 0 aromatic carbocycles. The highest BCUT2D eigenvalue weighted by molar-refractivity contribution is 4.96. The molecule has 1 rings (SSSR count). The van der Waals surface area contributed by atoms with Crippen LogP contribution in [0.3, 0.4) is 0 Å². The van der Waals surface area contributed by atoms with Crippen molar-refractivity contribution in [3.05, 3.63) is 0 Å². The fraction of sp³-hybridized carbons (Fsp3) is 1.00. The van der Waals surface area contributed by atoms with Crippen molar-refractivity contribution in [2.75, 3.05) is 6.54 Å². The molecule has 1 aliphatic rings. The van der Waals surface area contributed by atoms with Crippen molar-refractivity contribution >= 4 is 0 Å². The van der Waals surface area contributed by atoms with E-state index in [4.69, 9.17) is 10.5 Å². The molecule has 1 aliphatic carbocycles. The molecule has 3 nitrogen and oxygen atoms in total. The molecule has 102 valence electrons. The molecule has 0 aromatic heterocycles. The summed E-state index contributed by atoms with van der Waals surface area (Å²) in [5, 5.41) is 9.59. The van der Waals surface area contributed by atoms with Gasteiger partial charge in [-0.2, -0.15) is 0 Å². The second kappa shape index (κ2) is 5.25. The van der Waals surface area contributed by atoms with Gasteiger partial charge in [0.05, 0.1) is 17.8 Å². The SMILES string of the molecule is CC1CC(C)(C)CC(CN)(OC(C)C(C)O)C1. The van der Waals surface area contributed by atoms with Crippen molar-refractivity contribution in [2.45, 2.75) is 71.7 Å². The first kappa shape index (κ1) is 14.9. The lowest BCUT2D eigenvalue weighted by atomic mass is 9.65. The third kappa shape index (κ3) is 3.94. The zero-order valence-electron chi connectivity index (χ0n) is 12.0. The monoisotopic (exact) mass is 243 g/mol. The van der Waals surface area contributed by atoms with Crippen LogP contribution in [0.1, 0.15) is 53.9 Å². The summed E-state index contributed by atoms with van der Waals surface area (Å²) in [4.78, 5) is 0. The van der Waals surface area contributed by atoms with Gasteiger partial charge in [0.15, 0.2) is 0 Å². The van der Waals surface area contributed by atoms with Crippen LogP contribution in [0.5, 0.6) is 0 Å². The Morgan fingerprint density at radius 3 is 2.35 bits per heavy atom. The first-order valence-electron chi connectivity index (χ1n) is 6.76. The van der Waals surface area contributed by atoms with Crippen molar-refractivity contribution in [3.8, 4) is 0 Å². The second-order valence-electron chi connectivity index (χ2n) is 6.81. The average molecular weight is 243 g/mol. The van der Waals surface area contributed by atoms with Crippen LogP contribution in [0, 0.1) is 11.3 Å². The topological polar surface area (TPSA) is 55.5 Å². The average Bonchev–Trinajstić information content (AvgIpc) is 2.14. The molecule has 0 aliphatic heterocycles. The number of ether oxygens (including phenoxy) is 1. The lowest BCUT2D eigenvalue weighted by Crippen LogP contribution is -2.52. The minimum atomic E-state index is -0.446. The Bertz CT molecular complexity index is 253. The van der Waals surface area contributed by atoms with E-state index < -0.39 is 6.10 Å². The predicted octanol–water partition coefficient (Wildman–Crippen LogP) is 2.32. The van der Waals surface area contributed by atoms with Crippen molar-refractivity contribution < 1.29 is 9.84 Å². The summed E-state index contributed by atoms with van der Waals surface area (Å²) in [6.07, 6.45) is 2.61. The van der Waals surface area contributed by atoms with Crippen molar-refractivity contribution in [3.63, 3.8) is 0 Å². The summed E-state index contributed by atoms with van der Waals surface area (Å²) < 4.78 is 6.12. The number of nitrogens with two attached hydrogens (primary N) is 1. The summed E-state index contributed by atoms with van der Waals surface area (Å²) in [5.41, 5.74) is 5.98. The summed E-state index contributed by atoms with van der Waals surface area (Å²) in [5.74, 6) is 0.628. The van der Waals surface area contributed by atoms with Gasteiger partial charge in [-0.25, -0.2) is 0 Å². The Labute approximate surface area is 106 Å². The van der Waals surface area contributed by atoms with Crippen LogP contribution in [-0.2, 0) is 4.74 Å². The van der Waals surface area contributed by atoms with Crippen molar-refractivity contribution in [1.82, 2.24) is 0 Å². The number of hydrogen-bond acceptors (Lipinski definition) is 3. The first-order chi connectivity index (χ1) is 7.70. The fourth-order valence-electron chi connectivity index (χ4n) is 3.45. The van der Waals surface area contributed by atoms with E-state index in [0.717, 1.165) is 12.8 Å². The molecule has 3 heteroatoms. The second-order valence-corrected chi connectivity index (χ2v) is 6.81. The van der Waals surface area contributed by atoms with E-state index in [-0.39, 0.29) is 17.1 Å². The number of hydrogen-bond donors (Lipinski definition) is 2. The van der Waals surface area contributed by atoms with Crippen molar-refractivity contribution in [1.29, 1.82) is 0 Å². The Morgan fingerprint density at radius 2 is 1.94 bits per heavy atom. The zero-order valence-corrected chi connectivity index (χ0v) is 12.0. The lowest BCUT2D eigenvalue weighted by Gasteiger charge is -2.48. The molecule has 0 amide bonds. The van der Waals surface area contributed by atoms with Gasteiger partial charge in [-0.15, -0.1) is 0 Å². The van der Waals surface area contributed by atoms with Gasteiger partial charge in [0, 0.05) is 6.54 Å². The minimum absolute atomic E-state index is 0.153. The Morgan fingerprint density at radius 1 is 1.35 bits per heavy atom. The standard InChI is InChI=1S/C14H29NO2/c1-10-6-13(4,5)8-14(7-10,9-15)17-12(3)11(2)16/h10-12,16H,6-9,15H2,1-5H3. The van der Waals surface area contributed by atoms with Crippen LogP contribution in [0.4, 0.5) is 0 Å². The lowest BCUT2D eigenvalue weighted by molar-refractivity contribution is -0.159. The Kier molecular flexibility index (Phi) is 4.61. The number of aliphatic hydroxyl groups excluding tert-OH is 1. The number of aliphatic hydroxyl groups is 1. The minimum Gasteiger partial charge on any atom is -0.391 e. The largest absolute Gasteiger partial charge is 0.391 e. The van der Waals surface area contributed by atoms with Gasteiger partial charge in [0.25, 0.3) is 0 Å². The highest BCUT2D eigenvalue weighted by atomic mass is 16.5. The van der Waals surface area contributed by atoms with E-state index in [0.29, 0.717) is 12.5 Å². The molecule has 17 heavy (non-hydrogen) atoms. The molecule has 0 spiro atoms. The smallest absolute Gasteiger partial charge is 0.0816 e. The summed E-state index contributed by atoms with van der Waals surface area (Å²) in [7, 11) is 0. The van der Waals surface area contributed by atoms with Gasteiger partial charge in [-0.1, -0.05) is 20.8 Å². The summed E-state index contributed by atoms with van der Waals surface area (Å²) in [6.45, 7) is 11.1. The maximum absolute atomic E-state index is 9.59. The van der Waals surface area contributed by atoms with Gasteiger partial charge in [-0.3, -0.25) is 0 Å². The first-order valence-corrected chi connectivity index (χ1v) is 6.76. The fourth-order valence-corrected chi connectivity index (χ4v) is 3.45. The highest BCUT2D eigenvalue weighted by Gasteiger charge is 2.44. The molecular weight excluding hydrogens is 214 g/mol. The molecular formula is C14H29NO2. The third-order valence-corrected chi connectivity index (χ3v) is 3.91. The van der Waals surface area contributed by atoms with E-state index in [1.54, 1.807) is 6.92 Å². The van der Waals surface area contributed by atoms with Crippen LogP contribution in [0.15, 0.2) is 0 Å². The molecule has 1 saturated carbocycles. The maximum atomic E-state index is 9.59. The van der Waals surface area contributed by atoms with Gasteiger partial charge in [0.2, 0.25) is 0 Å². The van der Waals surface area contributed by atoms with E-state index in [1.807, 2.05) is 6.92 Å². The number of rotatable bonds is 4. The molecule has 3 N–H and O–H groups in total. The van der Waals surface area contributed by atoms with Gasteiger partial charge >= 0.3 is 0 Å². The summed E-state index contributed by atoms with van der Waals surface area (Å²) >= 11 is 0. The predicted molar refractivity (Wildman–Crippen MR) is 70.8 cm³/mol. The van der Waals surface area contributed by atoms with Gasteiger partial charge < -0.3 is 15.6 Å². The van der Waals surface area contributed by atoms with Crippen LogP contribution in [-0.4, -0.2) is 29.5 Å². The van der Waals surface area contributed by atoms with Crippen LogP contribution >= 0.6 is 0 Å². The third-order valence-electron chi connectivity index (χ3n) is 3.91. The van der Waals surface area contributed by atoms with Crippen LogP contribution in [0.2, 0.25) is 0 Å². The molecule has 0 heterocycles. The maximum Gasteiger partial charge on any atom is 0.0816 e. The van der Waals surface area contributed by atoms with Crippen molar-refractivity contribution in [2.24, 2.45) is 17.1 Å². The van der Waals surface area contributed by atoms with Gasteiger partial charge in [0.1, 0.15) is 0 Å². The normalized spacial score (nSPS) is 36.5. The summed E-state index contributed by atoms with van der Waals surface area (Å²) in [6, 6.07) is 0. The molecule has 1 fully saturated rings. The van der Waals surface area contributed by atoms with E-state index in [9.17, 15) is 5.11 Å². The molecule has 0 aromatic rings. The van der Waals surface area contributed by atoms with Crippen LogP contribution in [0.25, 0.3) is 0 Å². The highest BCUT2D eigenvalue weighted by Crippen LogP contribution is 2.45. The molecule has 0 bridgehead atoms. The van der Waals surface area contributed by atoms with E-state index >= 15 is 0 Å². The van der Waals surface area contributed by atoms with Gasteiger partial charge in [-0.05, 0) is 44.4 Å². The molecule has 0 radical (unpaired) electrons. The van der Waals surface area contributed by atoms with E-state index in [2.05, 4.69) is 20.8 Å². The van der Waals surface area contributed by atoms with Crippen LogP contribution < -0.4 is 5.73 Å². The Hall–Kier alpha value is -0.120. The van der Waals surface area contributed by atoms with E-state index in [1.165, 1.54) is 6.42 Å². The zero-order chi connectivity index (χ0) is 13.3. The molecule has 4 atom stereocenters.